The Morgan fingerprint density at radius 1 is 1.47 bits per heavy atom. The van der Waals surface area contributed by atoms with Gasteiger partial charge in [-0.1, -0.05) is 0 Å². The van der Waals surface area contributed by atoms with Crippen molar-refractivity contribution < 1.29 is 13.2 Å². The lowest BCUT2D eigenvalue weighted by molar-refractivity contribution is 0.199. The quantitative estimate of drug-likeness (QED) is 0.620. The first-order valence-corrected chi connectivity index (χ1v) is 7.96. The number of methoxy groups -OCH3 is 1. The summed E-state index contributed by atoms with van der Waals surface area (Å²) < 4.78 is 30.6. The second-order valence-electron chi connectivity index (χ2n) is 4.56. The van der Waals surface area contributed by atoms with E-state index in [-0.39, 0.29) is 5.75 Å². The first kappa shape index (κ1) is 14.9. The van der Waals surface area contributed by atoms with Gasteiger partial charge in [0.1, 0.15) is 0 Å². The summed E-state index contributed by atoms with van der Waals surface area (Å²) in [7, 11) is -1.53. The Labute approximate surface area is 104 Å². The van der Waals surface area contributed by atoms with Crippen molar-refractivity contribution in [2.45, 2.75) is 25.7 Å². The van der Waals surface area contributed by atoms with Crippen LogP contribution in [0.2, 0.25) is 0 Å². The molecule has 1 heterocycles. The fourth-order valence-corrected chi connectivity index (χ4v) is 3.13. The van der Waals surface area contributed by atoms with Crippen LogP contribution in [0.3, 0.4) is 0 Å². The second-order valence-corrected chi connectivity index (χ2v) is 6.49. The number of nitrogens with one attached hydrogen (secondary N) is 2. The van der Waals surface area contributed by atoms with E-state index in [0.717, 1.165) is 19.5 Å². The molecule has 1 aliphatic heterocycles. The van der Waals surface area contributed by atoms with E-state index in [1.54, 1.807) is 7.11 Å². The number of hydrogen-bond acceptors (Lipinski definition) is 4. The van der Waals surface area contributed by atoms with Crippen LogP contribution in [0.25, 0.3) is 0 Å². The number of sulfonamides is 1. The summed E-state index contributed by atoms with van der Waals surface area (Å²) in [4.78, 5) is 0. The van der Waals surface area contributed by atoms with E-state index >= 15 is 0 Å². The van der Waals surface area contributed by atoms with Crippen LogP contribution < -0.4 is 10.0 Å². The molecule has 102 valence electrons. The summed E-state index contributed by atoms with van der Waals surface area (Å²) in [5.74, 6) is 0.773. The van der Waals surface area contributed by atoms with E-state index in [0.29, 0.717) is 25.5 Å². The molecule has 1 rings (SSSR count). The molecule has 1 aliphatic rings. The van der Waals surface area contributed by atoms with Gasteiger partial charge in [0.2, 0.25) is 10.0 Å². The number of hydrogen-bond donors (Lipinski definition) is 2. The Morgan fingerprint density at radius 2 is 2.29 bits per heavy atom. The van der Waals surface area contributed by atoms with Crippen LogP contribution in [0.4, 0.5) is 0 Å². The molecule has 0 aromatic heterocycles. The van der Waals surface area contributed by atoms with Gasteiger partial charge in [0.15, 0.2) is 0 Å². The lowest BCUT2D eigenvalue weighted by atomic mass is 9.96. The third-order valence-electron chi connectivity index (χ3n) is 3.04. The van der Waals surface area contributed by atoms with Crippen molar-refractivity contribution in [3.63, 3.8) is 0 Å². The van der Waals surface area contributed by atoms with E-state index < -0.39 is 10.0 Å². The molecule has 6 heteroatoms. The fourth-order valence-electron chi connectivity index (χ4n) is 2.05. The van der Waals surface area contributed by atoms with Crippen LogP contribution in [-0.4, -0.2) is 47.5 Å². The molecule has 1 saturated heterocycles. The normalized spacial score (nSPS) is 21.6. The van der Waals surface area contributed by atoms with Gasteiger partial charge in [-0.2, -0.15) is 0 Å². The van der Waals surface area contributed by atoms with E-state index in [2.05, 4.69) is 10.0 Å². The lowest BCUT2D eigenvalue weighted by Gasteiger charge is -2.22. The molecule has 5 nitrogen and oxygen atoms in total. The molecule has 0 aromatic carbocycles. The van der Waals surface area contributed by atoms with Gasteiger partial charge in [-0.25, -0.2) is 13.1 Å². The molecule has 0 amide bonds. The van der Waals surface area contributed by atoms with Gasteiger partial charge in [-0.15, -0.1) is 0 Å². The third kappa shape index (κ3) is 6.98. The maximum Gasteiger partial charge on any atom is 0.211 e. The summed E-state index contributed by atoms with van der Waals surface area (Å²) in [6.07, 6.45) is 3.89. The van der Waals surface area contributed by atoms with Crippen molar-refractivity contribution in [2.24, 2.45) is 5.92 Å². The zero-order valence-corrected chi connectivity index (χ0v) is 11.4. The summed E-state index contributed by atoms with van der Waals surface area (Å²) >= 11 is 0. The molecule has 0 spiro atoms. The summed E-state index contributed by atoms with van der Waals surface area (Å²) in [5, 5.41) is 3.33. The van der Waals surface area contributed by atoms with Gasteiger partial charge in [0.25, 0.3) is 0 Å². The van der Waals surface area contributed by atoms with Crippen LogP contribution in [0.15, 0.2) is 0 Å². The Hall–Kier alpha value is -0.170. The van der Waals surface area contributed by atoms with Crippen LogP contribution in [-0.2, 0) is 14.8 Å². The van der Waals surface area contributed by atoms with Gasteiger partial charge in [-0.05, 0) is 44.7 Å². The molecule has 17 heavy (non-hydrogen) atoms. The van der Waals surface area contributed by atoms with Crippen molar-refractivity contribution in [1.82, 2.24) is 10.0 Å². The minimum Gasteiger partial charge on any atom is -0.385 e. The predicted molar refractivity (Wildman–Crippen MR) is 68.5 cm³/mol. The highest BCUT2D eigenvalue weighted by molar-refractivity contribution is 7.89. The minimum atomic E-state index is -3.11. The molecule has 1 atom stereocenters. The topological polar surface area (TPSA) is 67.4 Å². The smallest absolute Gasteiger partial charge is 0.211 e. The second kappa shape index (κ2) is 8.02. The molecule has 0 radical (unpaired) electrons. The average Bonchev–Trinajstić information content (AvgIpc) is 2.30. The standard InChI is InChI=1S/C11H24N2O3S/c1-16-8-3-9-17(14,15)13-7-5-11-4-2-6-12-10-11/h11-13H,2-10H2,1H3. The zero-order chi connectivity index (χ0) is 12.6. The SMILES string of the molecule is COCCCS(=O)(=O)NCCC1CCCNC1. The molecule has 0 aliphatic carbocycles. The van der Waals surface area contributed by atoms with Crippen molar-refractivity contribution in [1.29, 1.82) is 0 Å². The Morgan fingerprint density at radius 3 is 2.94 bits per heavy atom. The van der Waals surface area contributed by atoms with Crippen LogP contribution in [0.1, 0.15) is 25.7 Å². The first-order chi connectivity index (χ1) is 8.14. The fraction of sp³-hybridized carbons (Fsp3) is 1.00. The number of ether oxygens (including phenoxy) is 1. The molecular formula is C11H24N2O3S. The van der Waals surface area contributed by atoms with Crippen LogP contribution in [0, 0.1) is 5.92 Å². The largest absolute Gasteiger partial charge is 0.385 e. The summed E-state index contributed by atoms with van der Waals surface area (Å²) in [5.41, 5.74) is 0. The molecule has 2 N–H and O–H groups in total. The van der Waals surface area contributed by atoms with E-state index in [1.165, 1.54) is 12.8 Å². The lowest BCUT2D eigenvalue weighted by Crippen LogP contribution is -2.34. The minimum absolute atomic E-state index is 0.157. The van der Waals surface area contributed by atoms with E-state index in [4.69, 9.17) is 4.74 Å². The number of piperidine rings is 1. The van der Waals surface area contributed by atoms with Crippen molar-refractivity contribution >= 4 is 10.0 Å². The van der Waals surface area contributed by atoms with Crippen molar-refractivity contribution in [3.05, 3.63) is 0 Å². The molecule has 1 unspecified atom stereocenters. The third-order valence-corrected chi connectivity index (χ3v) is 4.51. The zero-order valence-electron chi connectivity index (χ0n) is 10.6. The highest BCUT2D eigenvalue weighted by Crippen LogP contribution is 2.13. The Balaban J connectivity index is 2.11. The van der Waals surface area contributed by atoms with Crippen molar-refractivity contribution in [2.75, 3.05) is 39.1 Å². The van der Waals surface area contributed by atoms with E-state index in [9.17, 15) is 8.42 Å². The summed E-state index contributed by atoms with van der Waals surface area (Å²) in [6.45, 7) is 3.17. The van der Waals surface area contributed by atoms with Gasteiger partial charge < -0.3 is 10.1 Å². The van der Waals surface area contributed by atoms with Gasteiger partial charge >= 0.3 is 0 Å². The molecule has 1 fully saturated rings. The highest BCUT2D eigenvalue weighted by Gasteiger charge is 2.14. The van der Waals surface area contributed by atoms with Gasteiger partial charge in [-0.3, -0.25) is 0 Å². The Kier molecular flexibility index (Phi) is 7.03. The van der Waals surface area contributed by atoms with Crippen molar-refractivity contribution in [3.8, 4) is 0 Å². The van der Waals surface area contributed by atoms with Crippen LogP contribution in [0.5, 0.6) is 0 Å². The number of rotatable bonds is 8. The molecule has 0 aromatic rings. The monoisotopic (exact) mass is 264 g/mol. The molecule has 0 saturated carbocycles. The maximum absolute atomic E-state index is 11.6. The molecule has 0 bridgehead atoms. The highest BCUT2D eigenvalue weighted by atomic mass is 32.2. The van der Waals surface area contributed by atoms with Gasteiger partial charge in [0.05, 0.1) is 5.75 Å². The summed E-state index contributed by atoms with van der Waals surface area (Å²) in [6, 6.07) is 0. The van der Waals surface area contributed by atoms with Crippen LogP contribution >= 0.6 is 0 Å². The maximum atomic E-state index is 11.6. The first-order valence-electron chi connectivity index (χ1n) is 6.31. The van der Waals surface area contributed by atoms with E-state index in [1.807, 2.05) is 0 Å². The van der Waals surface area contributed by atoms with Gasteiger partial charge in [0, 0.05) is 20.3 Å². The average molecular weight is 264 g/mol. The molecular weight excluding hydrogens is 240 g/mol. The Bertz CT molecular complexity index is 287. The predicted octanol–water partition coefficient (Wildman–Crippen LogP) is 0.332.